The molecule has 0 heterocycles. The zero-order chi connectivity index (χ0) is 22.6. The second-order valence-corrected chi connectivity index (χ2v) is 8.52. The highest BCUT2D eigenvalue weighted by molar-refractivity contribution is 5.81. The number of carboxylic acid groups (broad SMARTS) is 1. The molecule has 0 fully saturated rings. The average molecular weight is 426 g/mol. The third-order valence-electron chi connectivity index (χ3n) is 5.93. The normalized spacial score (nSPS) is 13.9. The van der Waals surface area contributed by atoms with Crippen molar-refractivity contribution >= 4 is 12.1 Å². The second kappa shape index (κ2) is 9.52. The van der Waals surface area contributed by atoms with Crippen molar-refractivity contribution in [2.45, 2.75) is 51.2 Å². The predicted octanol–water partition coefficient (Wildman–Crippen LogP) is 4.92. The number of rotatable bonds is 9. The summed E-state index contributed by atoms with van der Waals surface area (Å²) in [5, 5.41) is 9.81. The Bertz CT molecular complexity index is 894. The van der Waals surface area contributed by atoms with Gasteiger partial charge in [-0.05, 0) is 42.5 Å². The van der Waals surface area contributed by atoms with Gasteiger partial charge in [-0.1, -0.05) is 55.5 Å². The van der Waals surface area contributed by atoms with Gasteiger partial charge in [-0.2, -0.15) is 0 Å². The molecule has 1 aliphatic carbocycles. The van der Waals surface area contributed by atoms with E-state index in [-0.39, 0.29) is 18.9 Å². The summed E-state index contributed by atoms with van der Waals surface area (Å²) >= 11 is 0. The molecule has 31 heavy (non-hydrogen) atoms. The Balaban J connectivity index is 1.79. The largest absolute Gasteiger partial charge is 0.480 e. The topological polar surface area (TPSA) is 76.1 Å². The lowest BCUT2D eigenvalue weighted by molar-refractivity contribution is -0.145. The van der Waals surface area contributed by atoms with Gasteiger partial charge < -0.3 is 14.6 Å². The summed E-state index contributed by atoms with van der Waals surface area (Å²) in [6.45, 7) is 5.99. The first-order valence-corrected chi connectivity index (χ1v) is 10.7. The summed E-state index contributed by atoms with van der Waals surface area (Å²) in [5.41, 5.74) is 3.85. The number of methoxy groups -OCH3 is 1. The molecule has 0 saturated carbocycles. The molecule has 0 spiro atoms. The minimum absolute atomic E-state index is 0.0708. The molecule has 0 radical (unpaired) electrons. The average Bonchev–Trinajstić information content (AvgIpc) is 3.08. The highest BCUT2D eigenvalue weighted by Gasteiger charge is 2.36. The number of hydrogen-bond acceptors (Lipinski definition) is 4. The van der Waals surface area contributed by atoms with Crippen LogP contribution in [-0.2, 0) is 14.3 Å². The fraction of sp³-hybridized carbons (Fsp3) is 0.440. The van der Waals surface area contributed by atoms with Gasteiger partial charge in [0.1, 0.15) is 12.6 Å². The minimum atomic E-state index is -1.06. The van der Waals surface area contributed by atoms with Crippen LogP contribution < -0.4 is 0 Å². The van der Waals surface area contributed by atoms with E-state index >= 15 is 0 Å². The van der Waals surface area contributed by atoms with Gasteiger partial charge in [0, 0.05) is 26.0 Å². The number of carboxylic acids is 1. The first-order valence-electron chi connectivity index (χ1n) is 10.7. The van der Waals surface area contributed by atoms with Crippen LogP contribution in [0, 0.1) is 0 Å². The number of fused-ring (bicyclic) bond motifs is 3. The fourth-order valence-corrected chi connectivity index (χ4v) is 4.17. The molecule has 0 aliphatic heterocycles. The number of benzene rings is 2. The molecule has 166 valence electrons. The number of aliphatic carboxylic acids is 1. The van der Waals surface area contributed by atoms with E-state index in [1.807, 2.05) is 45.0 Å². The van der Waals surface area contributed by atoms with Crippen LogP contribution in [0.5, 0.6) is 0 Å². The molecule has 0 aromatic heterocycles. The number of amides is 1. The zero-order valence-corrected chi connectivity index (χ0v) is 18.6. The molecule has 2 aromatic rings. The van der Waals surface area contributed by atoms with E-state index in [0.29, 0.717) is 13.0 Å². The number of carbonyl (C=O) groups is 2. The van der Waals surface area contributed by atoms with Gasteiger partial charge in [0.25, 0.3) is 0 Å². The van der Waals surface area contributed by atoms with Crippen molar-refractivity contribution in [2.24, 2.45) is 0 Å². The quantitative estimate of drug-likeness (QED) is 0.617. The second-order valence-electron chi connectivity index (χ2n) is 8.52. The summed E-state index contributed by atoms with van der Waals surface area (Å²) in [7, 11) is 1.54. The van der Waals surface area contributed by atoms with E-state index < -0.39 is 23.7 Å². The van der Waals surface area contributed by atoms with Gasteiger partial charge in [0.2, 0.25) is 0 Å². The molecular weight excluding hydrogens is 394 g/mol. The monoisotopic (exact) mass is 425 g/mol. The predicted molar refractivity (Wildman–Crippen MR) is 119 cm³/mol. The number of nitrogens with zero attached hydrogens (tertiary/aromatic N) is 1. The maximum atomic E-state index is 13.0. The molecule has 1 aliphatic rings. The Labute approximate surface area is 183 Å². The van der Waals surface area contributed by atoms with Gasteiger partial charge in [0.15, 0.2) is 0 Å². The SMILES string of the molecule is CCCN(C(=O)OCC1c2ccccc2-c2ccccc21)C(CC(C)(C)OC)C(=O)O. The van der Waals surface area contributed by atoms with Crippen molar-refractivity contribution in [3.05, 3.63) is 59.7 Å². The van der Waals surface area contributed by atoms with Crippen molar-refractivity contribution in [2.75, 3.05) is 20.3 Å². The lowest BCUT2D eigenvalue weighted by Gasteiger charge is -2.33. The van der Waals surface area contributed by atoms with Crippen LogP contribution in [0.2, 0.25) is 0 Å². The first-order chi connectivity index (χ1) is 14.8. The molecule has 1 amide bonds. The third kappa shape index (κ3) is 4.90. The van der Waals surface area contributed by atoms with Crippen molar-refractivity contribution in [3.8, 4) is 11.1 Å². The van der Waals surface area contributed by atoms with Crippen LogP contribution in [0.1, 0.15) is 50.7 Å². The maximum absolute atomic E-state index is 13.0. The summed E-state index contributed by atoms with van der Waals surface area (Å²) in [5.74, 6) is -1.13. The van der Waals surface area contributed by atoms with Gasteiger partial charge in [-0.15, -0.1) is 0 Å². The van der Waals surface area contributed by atoms with Crippen LogP contribution in [0.25, 0.3) is 11.1 Å². The van der Waals surface area contributed by atoms with Crippen LogP contribution in [-0.4, -0.2) is 54.0 Å². The molecular formula is C25H31NO5. The van der Waals surface area contributed by atoms with Crippen molar-refractivity contribution in [1.29, 1.82) is 0 Å². The molecule has 1 N–H and O–H groups in total. The van der Waals surface area contributed by atoms with E-state index in [9.17, 15) is 14.7 Å². The smallest absolute Gasteiger partial charge is 0.410 e. The summed E-state index contributed by atoms with van der Waals surface area (Å²) in [6, 6.07) is 15.2. The van der Waals surface area contributed by atoms with Crippen LogP contribution in [0.4, 0.5) is 4.79 Å². The Kier molecular flexibility index (Phi) is 7.01. The van der Waals surface area contributed by atoms with Gasteiger partial charge >= 0.3 is 12.1 Å². The Morgan fingerprint density at radius 1 is 1.06 bits per heavy atom. The van der Waals surface area contributed by atoms with E-state index in [4.69, 9.17) is 9.47 Å². The number of carbonyl (C=O) groups excluding carboxylic acids is 1. The van der Waals surface area contributed by atoms with E-state index in [2.05, 4.69) is 24.3 Å². The zero-order valence-electron chi connectivity index (χ0n) is 18.6. The van der Waals surface area contributed by atoms with E-state index in [1.54, 1.807) is 0 Å². The molecule has 6 heteroatoms. The Morgan fingerprint density at radius 2 is 1.61 bits per heavy atom. The Hall–Kier alpha value is -2.86. The molecule has 6 nitrogen and oxygen atoms in total. The molecule has 2 aromatic carbocycles. The Morgan fingerprint density at radius 3 is 2.10 bits per heavy atom. The number of ether oxygens (including phenoxy) is 2. The van der Waals surface area contributed by atoms with E-state index in [0.717, 1.165) is 22.3 Å². The maximum Gasteiger partial charge on any atom is 0.410 e. The van der Waals surface area contributed by atoms with Crippen molar-refractivity contribution < 1.29 is 24.2 Å². The molecule has 0 saturated heterocycles. The van der Waals surface area contributed by atoms with Crippen LogP contribution >= 0.6 is 0 Å². The van der Waals surface area contributed by atoms with Gasteiger partial charge in [0.05, 0.1) is 5.60 Å². The highest BCUT2D eigenvalue weighted by Crippen LogP contribution is 2.44. The van der Waals surface area contributed by atoms with Gasteiger partial charge in [-0.3, -0.25) is 4.90 Å². The fourth-order valence-electron chi connectivity index (χ4n) is 4.17. The first kappa shape index (κ1) is 22.8. The summed E-state index contributed by atoms with van der Waals surface area (Å²) in [4.78, 5) is 26.3. The highest BCUT2D eigenvalue weighted by atomic mass is 16.6. The lowest BCUT2D eigenvalue weighted by atomic mass is 9.97. The van der Waals surface area contributed by atoms with E-state index in [1.165, 1.54) is 12.0 Å². The molecule has 1 atom stereocenters. The third-order valence-corrected chi connectivity index (χ3v) is 5.93. The summed E-state index contributed by atoms with van der Waals surface area (Å²) in [6.07, 6.45) is 0.188. The van der Waals surface area contributed by atoms with Crippen molar-refractivity contribution in [1.82, 2.24) is 4.90 Å². The summed E-state index contributed by atoms with van der Waals surface area (Å²) < 4.78 is 11.1. The standard InChI is InChI=1S/C25H31NO5/c1-5-14-26(22(23(27)28)15-25(2,3)30-4)24(29)31-16-21-19-12-8-6-10-17(19)18-11-7-9-13-20(18)21/h6-13,21-22H,5,14-16H2,1-4H3,(H,27,28). The lowest BCUT2D eigenvalue weighted by Crippen LogP contribution is -2.49. The van der Waals surface area contributed by atoms with Crippen molar-refractivity contribution in [3.63, 3.8) is 0 Å². The van der Waals surface area contributed by atoms with Gasteiger partial charge in [-0.25, -0.2) is 9.59 Å². The van der Waals surface area contributed by atoms with Crippen LogP contribution in [0.3, 0.4) is 0 Å². The molecule has 0 bridgehead atoms. The van der Waals surface area contributed by atoms with Crippen LogP contribution in [0.15, 0.2) is 48.5 Å². The molecule has 3 rings (SSSR count). The number of hydrogen-bond donors (Lipinski definition) is 1. The molecule has 1 unspecified atom stereocenters. The minimum Gasteiger partial charge on any atom is -0.480 e.